The van der Waals surface area contributed by atoms with E-state index in [1.165, 1.54) is 117 Å². The van der Waals surface area contributed by atoms with Crippen molar-refractivity contribution in [2.75, 3.05) is 26.2 Å². The molecule has 0 aromatic heterocycles. The molecule has 0 saturated heterocycles. The van der Waals surface area contributed by atoms with Gasteiger partial charge in [-0.15, -0.1) is 0 Å². The van der Waals surface area contributed by atoms with Gasteiger partial charge in [0.2, 0.25) is 0 Å². The van der Waals surface area contributed by atoms with Gasteiger partial charge in [0.25, 0.3) is 0 Å². The normalized spacial score (nSPS) is 10.5. The predicted octanol–water partition coefficient (Wildman–Crippen LogP) is 8.04. The van der Waals surface area contributed by atoms with E-state index in [9.17, 15) is 0 Å². The summed E-state index contributed by atoms with van der Waals surface area (Å²) in [5.74, 6) is 0. The van der Waals surface area contributed by atoms with Crippen LogP contribution in [0.5, 0.6) is 0 Å². The minimum Gasteiger partial charge on any atom is -0.870 e. The van der Waals surface area contributed by atoms with Crippen LogP contribution in [0.25, 0.3) is 10.8 Å². The Morgan fingerprint density at radius 1 is 0.559 bits per heavy atom. The smallest absolute Gasteiger partial charge is 0.0786 e. The summed E-state index contributed by atoms with van der Waals surface area (Å²) in [6, 6.07) is 15.1. The maximum atomic E-state index is 2.35. The van der Waals surface area contributed by atoms with E-state index < -0.39 is 0 Å². The van der Waals surface area contributed by atoms with Gasteiger partial charge >= 0.3 is 92.1 Å². The summed E-state index contributed by atoms with van der Waals surface area (Å²) < 4.78 is 1.42. The van der Waals surface area contributed by atoms with Crippen molar-refractivity contribution in [3.05, 3.63) is 42.5 Å². The van der Waals surface area contributed by atoms with E-state index in [4.69, 9.17) is 0 Å². The summed E-state index contributed by atoms with van der Waals surface area (Å²) in [4.78, 5) is 0. The first kappa shape index (κ1) is 34.8. The molecule has 0 unspecified atom stereocenters. The van der Waals surface area contributed by atoms with Crippen molar-refractivity contribution in [2.45, 2.75) is 105 Å². The average molecular weight is 472 g/mol. The zero-order valence-corrected chi connectivity index (χ0v) is 23.1. The fraction of sp³-hybridized carbons (Fsp3) is 0.667. The molecule has 194 valence electrons. The van der Waals surface area contributed by atoms with E-state index in [0.717, 1.165) is 0 Å². The summed E-state index contributed by atoms with van der Waals surface area (Å²) >= 11 is 0. The van der Waals surface area contributed by atoms with Crippen molar-refractivity contribution in [1.82, 2.24) is 0 Å². The molecule has 0 aliphatic heterocycles. The molecule has 0 spiro atoms. The number of benzene rings is 2. The van der Waals surface area contributed by atoms with E-state index >= 15 is 0 Å². The Labute approximate surface area is 212 Å². The summed E-state index contributed by atoms with van der Waals surface area (Å²) in [6.45, 7) is 17.3. The Kier molecular flexibility index (Phi) is 22.7. The Balaban J connectivity index is 0. The molecule has 2 aromatic carbocycles. The van der Waals surface area contributed by atoms with Crippen LogP contribution < -0.4 is 5.46 Å². The number of quaternary nitrogens is 1. The number of hydrogen-bond acceptors (Lipinski definition) is 2. The third kappa shape index (κ3) is 13.5. The number of hydrogen-bond donors (Lipinski definition) is 0. The van der Waals surface area contributed by atoms with Crippen LogP contribution in [-0.2, 0) is 0 Å². The third-order valence-corrected chi connectivity index (χ3v) is 6.69. The second kappa shape index (κ2) is 22.1. The molecule has 0 heterocycles. The first-order valence-corrected chi connectivity index (χ1v) is 13.8. The quantitative estimate of drug-likeness (QED) is 0.141. The molecule has 0 bridgehead atoms. The first-order chi connectivity index (χ1) is 15.7. The summed E-state index contributed by atoms with van der Waals surface area (Å²) in [6.07, 6.45) is 14.8. The molecule has 2 rings (SSSR count). The largest absolute Gasteiger partial charge is 0.870 e. The molecule has 0 amide bonds. The first-order valence-electron chi connectivity index (χ1n) is 13.8. The predicted molar refractivity (Wildman–Crippen MR) is 152 cm³/mol. The van der Waals surface area contributed by atoms with Crippen LogP contribution in [0, 0.1) is 0 Å². The van der Waals surface area contributed by atoms with Gasteiger partial charge in [-0.25, -0.2) is 0 Å². The van der Waals surface area contributed by atoms with Gasteiger partial charge in [0.1, 0.15) is 0 Å². The monoisotopic (exact) mass is 471 g/mol. The zero-order valence-electron chi connectivity index (χ0n) is 23.1. The molecule has 34 heavy (non-hydrogen) atoms. The molecule has 2 aromatic rings. The van der Waals surface area contributed by atoms with Crippen LogP contribution in [0.2, 0.25) is 6.32 Å². The number of rotatable bonds is 16. The Hall–Kier alpha value is -1.36. The van der Waals surface area contributed by atoms with Gasteiger partial charge in [0.05, 0.1) is 26.2 Å². The van der Waals surface area contributed by atoms with Crippen molar-refractivity contribution < 1.29 is 15.4 Å². The van der Waals surface area contributed by atoms with Gasteiger partial charge in [-0.05, 0) is 25.7 Å². The number of unbranched alkanes of at least 4 members (excludes halogenated alkanes) is 5. The van der Waals surface area contributed by atoms with E-state index in [0.29, 0.717) is 0 Å². The molecule has 0 atom stereocenters. The molecule has 0 saturated carbocycles. The van der Waals surface area contributed by atoms with E-state index in [-0.39, 0.29) is 11.0 Å². The van der Waals surface area contributed by atoms with E-state index in [2.05, 4.69) is 84.4 Å². The third-order valence-electron chi connectivity index (χ3n) is 6.69. The zero-order chi connectivity index (χ0) is 23.5. The topological polar surface area (TPSA) is 60.0 Å². The molecule has 2 N–H and O–H groups in total. The van der Waals surface area contributed by atoms with Gasteiger partial charge in [-0.3, -0.25) is 0 Å². The summed E-state index contributed by atoms with van der Waals surface area (Å²) in [5.41, 5.74) is 1.38. The Bertz CT molecular complexity index is 664. The minimum atomic E-state index is 0. The molecule has 0 aliphatic rings. The van der Waals surface area contributed by atoms with Crippen LogP contribution in [0.4, 0.5) is 0 Å². The standard InChI is InChI=1S/C16H36N.C14H16B.2H2O/c1-5-9-13-17(14-10-6-2,15-11-7-3)16-12-8-4;1-2-3-11-15-14-10-6-8-12-7-4-5-9-13(12)14;;/h5-16H2,1-4H3;4-10H,2-3,11H2,1H3;2*1H2/q2*+1;;/p-2. The summed E-state index contributed by atoms with van der Waals surface area (Å²) in [5, 5.41) is 2.71. The van der Waals surface area contributed by atoms with Crippen LogP contribution in [-0.4, -0.2) is 48.9 Å². The molecule has 4 heteroatoms. The van der Waals surface area contributed by atoms with Crippen LogP contribution in [0.1, 0.15) is 98.8 Å². The molecular formula is C30H54BNO2. The Morgan fingerprint density at radius 3 is 1.47 bits per heavy atom. The SMILES string of the molecule is CCCC[B+]c1cccc2ccccc12.CCCC[N+](CCCC)(CCCC)CCCC.[OH-].[OH-]. The van der Waals surface area contributed by atoms with Crippen LogP contribution in [0.3, 0.4) is 0 Å². The maximum absolute atomic E-state index is 2.35. The van der Waals surface area contributed by atoms with Crippen molar-refractivity contribution in [2.24, 2.45) is 0 Å². The fourth-order valence-corrected chi connectivity index (χ4v) is 4.54. The van der Waals surface area contributed by atoms with Gasteiger partial charge in [-0.1, -0.05) is 53.4 Å². The fourth-order valence-electron chi connectivity index (χ4n) is 4.54. The second-order valence-electron chi connectivity index (χ2n) is 9.57. The molecular weight excluding hydrogens is 417 g/mol. The maximum Gasteiger partial charge on any atom is 0.0786 e. The molecule has 0 aliphatic carbocycles. The van der Waals surface area contributed by atoms with Gasteiger partial charge < -0.3 is 15.4 Å². The Morgan fingerprint density at radius 2 is 1.00 bits per heavy atom. The van der Waals surface area contributed by atoms with Crippen molar-refractivity contribution >= 4 is 23.5 Å². The molecule has 0 radical (unpaired) electrons. The molecule has 0 fully saturated rings. The second-order valence-corrected chi connectivity index (χ2v) is 9.57. The van der Waals surface area contributed by atoms with Gasteiger partial charge in [-0.2, -0.15) is 0 Å². The number of nitrogens with zero attached hydrogens (tertiary/aromatic N) is 1. The van der Waals surface area contributed by atoms with Gasteiger partial charge in [0.15, 0.2) is 0 Å². The van der Waals surface area contributed by atoms with E-state index in [1.807, 2.05) is 0 Å². The average Bonchev–Trinajstić information content (AvgIpc) is 2.84. The van der Waals surface area contributed by atoms with E-state index in [1.54, 1.807) is 0 Å². The van der Waals surface area contributed by atoms with Crippen molar-refractivity contribution in [3.63, 3.8) is 0 Å². The van der Waals surface area contributed by atoms with Crippen LogP contribution >= 0.6 is 0 Å². The van der Waals surface area contributed by atoms with Crippen molar-refractivity contribution in [1.29, 1.82) is 0 Å². The van der Waals surface area contributed by atoms with Crippen molar-refractivity contribution in [3.8, 4) is 0 Å². The van der Waals surface area contributed by atoms with Crippen LogP contribution in [0.15, 0.2) is 42.5 Å². The number of fused-ring (bicyclic) bond motifs is 1. The molecule has 3 nitrogen and oxygen atoms in total. The van der Waals surface area contributed by atoms with Gasteiger partial charge in [0, 0.05) is 0 Å². The minimum absolute atomic E-state index is 0. The summed E-state index contributed by atoms with van der Waals surface area (Å²) in [7, 11) is 2.35.